The Morgan fingerprint density at radius 1 is 1.05 bits per heavy atom. The van der Waals surface area contributed by atoms with E-state index in [0.717, 1.165) is 26.2 Å². The van der Waals surface area contributed by atoms with Gasteiger partial charge in [-0.15, -0.1) is 0 Å². The van der Waals surface area contributed by atoms with Crippen molar-refractivity contribution in [3.8, 4) is 0 Å². The molecule has 0 atom stereocenters. The van der Waals surface area contributed by atoms with Crippen molar-refractivity contribution >= 4 is 67.8 Å². The van der Waals surface area contributed by atoms with Gasteiger partial charge in [-0.05, 0) is 44.2 Å². The average Bonchev–Trinajstić information content (AvgIpc) is 2.88. The largest absolute Gasteiger partial charge is 0.338 e. The van der Waals surface area contributed by atoms with E-state index in [0.29, 0.717) is 28.6 Å². The van der Waals surface area contributed by atoms with Crippen LogP contribution in [0, 0.1) is 0 Å². The lowest BCUT2D eigenvalue weighted by Crippen LogP contribution is -2.46. The fraction of sp³-hybridized carbons (Fsp3) is 0.320. The van der Waals surface area contributed by atoms with Crippen molar-refractivity contribution in [2.45, 2.75) is 24.0 Å². The molecule has 0 radical (unpaired) electrons. The number of amides is 1. The van der Waals surface area contributed by atoms with Crippen LogP contribution in [-0.4, -0.2) is 67.2 Å². The van der Waals surface area contributed by atoms with Gasteiger partial charge in [-0.3, -0.25) is 9.69 Å². The number of halogens is 2. The number of carbonyl (C=O) groups excluding carboxylic acids is 1. The van der Waals surface area contributed by atoms with E-state index in [1.54, 1.807) is 50.2 Å². The number of para-hydroxylation sites is 1. The molecule has 1 fully saturated rings. The maximum atomic E-state index is 12.8. The van der Waals surface area contributed by atoms with Crippen LogP contribution < -0.4 is 21.3 Å². The number of anilines is 5. The third kappa shape index (κ3) is 6.91. The van der Waals surface area contributed by atoms with Gasteiger partial charge in [0, 0.05) is 31.9 Å². The Kier molecular flexibility index (Phi) is 9.06. The van der Waals surface area contributed by atoms with Crippen molar-refractivity contribution in [1.82, 2.24) is 20.2 Å². The van der Waals surface area contributed by atoms with Gasteiger partial charge >= 0.3 is 0 Å². The Morgan fingerprint density at radius 2 is 1.79 bits per heavy atom. The van der Waals surface area contributed by atoms with Crippen LogP contribution in [0.3, 0.4) is 0 Å². The van der Waals surface area contributed by atoms with E-state index >= 15 is 0 Å². The monoisotopic (exact) mass is 577 g/mol. The van der Waals surface area contributed by atoms with Crippen LogP contribution >= 0.6 is 23.2 Å². The average molecular weight is 579 g/mol. The molecule has 0 spiro atoms. The highest BCUT2D eigenvalue weighted by Gasteiger charge is 2.23. The van der Waals surface area contributed by atoms with Gasteiger partial charge < -0.3 is 21.3 Å². The molecule has 202 valence electrons. The zero-order valence-corrected chi connectivity index (χ0v) is 23.3. The third-order valence-corrected chi connectivity index (χ3v) is 8.70. The van der Waals surface area contributed by atoms with Crippen LogP contribution in [0.5, 0.6) is 0 Å². The normalized spacial score (nSPS) is 14.3. The van der Waals surface area contributed by atoms with Crippen LogP contribution in [0.1, 0.15) is 13.8 Å². The van der Waals surface area contributed by atoms with Crippen molar-refractivity contribution in [2.75, 3.05) is 48.7 Å². The molecule has 13 heteroatoms. The summed E-state index contributed by atoms with van der Waals surface area (Å²) >= 11 is 12.7. The van der Waals surface area contributed by atoms with Crippen LogP contribution in [-0.2, 0) is 14.6 Å². The van der Waals surface area contributed by atoms with Crippen LogP contribution in [0.4, 0.5) is 28.8 Å². The number of rotatable bonds is 9. The van der Waals surface area contributed by atoms with Crippen LogP contribution in [0.25, 0.3) is 0 Å². The molecule has 10 nitrogen and oxygen atoms in total. The number of nitrogens with one attached hydrogen (secondary N) is 4. The highest BCUT2D eigenvalue weighted by atomic mass is 35.5. The van der Waals surface area contributed by atoms with Gasteiger partial charge in [0.2, 0.25) is 11.9 Å². The predicted octanol–water partition coefficient (Wildman–Crippen LogP) is 4.30. The fourth-order valence-corrected chi connectivity index (χ4v) is 5.31. The Balaban J connectivity index is 1.51. The number of sulfone groups is 1. The number of nitrogens with zero attached hydrogens (tertiary/aromatic N) is 3. The highest BCUT2D eigenvalue weighted by Crippen LogP contribution is 2.32. The lowest BCUT2D eigenvalue weighted by Gasteiger charge is -2.26. The third-order valence-electron chi connectivity index (χ3n) is 5.88. The second-order valence-corrected chi connectivity index (χ2v) is 12.3. The van der Waals surface area contributed by atoms with Crippen molar-refractivity contribution < 1.29 is 13.2 Å². The SMILES string of the molecule is CC(C)S(=O)(=O)c1ccccc1Nc1nc(Nc2cc(NC(=O)CN3CCNCC3)ccc2Cl)ncc1Cl. The second kappa shape index (κ2) is 12.3. The minimum Gasteiger partial charge on any atom is -0.338 e. The molecular formula is C25H29Cl2N7O3S. The predicted molar refractivity (Wildman–Crippen MR) is 152 cm³/mol. The Labute approximate surface area is 232 Å². The van der Waals surface area contributed by atoms with E-state index in [1.807, 2.05) is 0 Å². The van der Waals surface area contributed by atoms with E-state index in [1.165, 1.54) is 12.3 Å². The fourth-order valence-electron chi connectivity index (χ4n) is 3.81. The van der Waals surface area contributed by atoms with Crippen molar-refractivity contribution in [1.29, 1.82) is 0 Å². The molecule has 1 amide bonds. The second-order valence-electron chi connectivity index (χ2n) is 9.00. The Hall–Kier alpha value is -2.96. The molecule has 2 heterocycles. The molecule has 38 heavy (non-hydrogen) atoms. The van der Waals surface area contributed by atoms with Gasteiger partial charge in [0.15, 0.2) is 15.7 Å². The summed E-state index contributed by atoms with van der Waals surface area (Å²) in [5, 5.41) is 12.2. The lowest BCUT2D eigenvalue weighted by molar-refractivity contribution is -0.117. The van der Waals surface area contributed by atoms with E-state index in [2.05, 4.69) is 36.1 Å². The highest BCUT2D eigenvalue weighted by molar-refractivity contribution is 7.92. The van der Waals surface area contributed by atoms with E-state index < -0.39 is 15.1 Å². The molecule has 1 saturated heterocycles. The minimum atomic E-state index is -3.55. The maximum absolute atomic E-state index is 12.8. The molecule has 0 bridgehead atoms. The minimum absolute atomic E-state index is 0.121. The molecule has 4 rings (SSSR count). The molecular weight excluding hydrogens is 549 g/mol. The molecule has 0 aliphatic carbocycles. The molecule has 0 saturated carbocycles. The molecule has 1 aliphatic rings. The van der Waals surface area contributed by atoms with E-state index in [-0.39, 0.29) is 27.6 Å². The molecule has 4 N–H and O–H groups in total. The first-order valence-corrected chi connectivity index (χ1v) is 14.4. The summed E-state index contributed by atoms with van der Waals surface area (Å²) in [5.74, 6) is 0.267. The Morgan fingerprint density at radius 3 is 2.53 bits per heavy atom. The zero-order chi connectivity index (χ0) is 27.3. The molecule has 1 aromatic heterocycles. The topological polar surface area (TPSA) is 128 Å². The van der Waals surface area contributed by atoms with E-state index in [9.17, 15) is 13.2 Å². The summed E-state index contributed by atoms with van der Waals surface area (Å²) in [7, 11) is -3.55. The lowest BCUT2D eigenvalue weighted by atomic mass is 10.2. The van der Waals surface area contributed by atoms with E-state index in [4.69, 9.17) is 23.2 Å². The van der Waals surface area contributed by atoms with Crippen LogP contribution in [0.2, 0.25) is 10.0 Å². The van der Waals surface area contributed by atoms with Crippen molar-refractivity contribution in [2.24, 2.45) is 0 Å². The standard InChI is InChI=1S/C25H29Cl2N7O3S/c1-16(2)38(36,37)22-6-4-3-5-20(22)31-24-19(27)14-29-25(33-24)32-21-13-17(7-8-18(21)26)30-23(35)15-34-11-9-28-10-12-34/h3-8,13-14,16,28H,9-12,15H2,1-2H3,(H,30,35)(H2,29,31,32,33). The summed E-state index contributed by atoms with van der Waals surface area (Å²) in [5.41, 5.74) is 1.39. The number of hydrogen-bond acceptors (Lipinski definition) is 9. The van der Waals surface area contributed by atoms with Gasteiger partial charge in [0.25, 0.3) is 0 Å². The van der Waals surface area contributed by atoms with Crippen molar-refractivity contribution in [3.05, 3.63) is 58.7 Å². The summed E-state index contributed by atoms with van der Waals surface area (Å²) in [6, 6.07) is 11.6. The van der Waals surface area contributed by atoms with Gasteiger partial charge in [-0.25, -0.2) is 13.4 Å². The summed E-state index contributed by atoms with van der Waals surface area (Å²) < 4.78 is 25.7. The number of hydrogen-bond donors (Lipinski definition) is 4. The summed E-state index contributed by atoms with van der Waals surface area (Å²) in [6.07, 6.45) is 1.39. The first-order valence-electron chi connectivity index (χ1n) is 12.1. The summed E-state index contributed by atoms with van der Waals surface area (Å²) in [4.78, 5) is 23.4. The number of carbonyl (C=O) groups is 1. The number of piperazine rings is 1. The summed E-state index contributed by atoms with van der Waals surface area (Å²) in [6.45, 7) is 6.90. The quantitative estimate of drug-likeness (QED) is 0.294. The molecule has 1 aliphatic heterocycles. The van der Waals surface area contributed by atoms with Gasteiger partial charge in [-0.2, -0.15) is 4.98 Å². The Bertz CT molecular complexity index is 1410. The molecule has 0 unspecified atom stereocenters. The van der Waals surface area contributed by atoms with Gasteiger partial charge in [-0.1, -0.05) is 35.3 Å². The number of benzene rings is 2. The molecule has 2 aromatic carbocycles. The molecule has 3 aromatic rings. The smallest absolute Gasteiger partial charge is 0.238 e. The van der Waals surface area contributed by atoms with Gasteiger partial charge in [0.1, 0.15) is 5.02 Å². The van der Waals surface area contributed by atoms with Crippen LogP contribution in [0.15, 0.2) is 53.6 Å². The van der Waals surface area contributed by atoms with Gasteiger partial charge in [0.05, 0.1) is 39.3 Å². The zero-order valence-electron chi connectivity index (χ0n) is 21.0. The number of aromatic nitrogens is 2. The first kappa shape index (κ1) is 28.1. The first-order chi connectivity index (χ1) is 18.1. The maximum Gasteiger partial charge on any atom is 0.238 e. The van der Waals surface area contributed by atoms with Crippen molar-refractivity contribution in [3.63, 3.8) is 0 Å².